The number of fused-ring (bicyclic) bond motifs is 1. The fourth-order valence-corrected chi connectivity index (χ4v) is 4.75. The van der Waals surface area contributed by atoms with E-state index in [-0.39, 0.29) is 16.5 Å². The monoisotopic (exact) mass is 427 g/mol. The van der Waals surface area contributed by atoms with E-state index < -0.39 is 0 Å². The first kappa shape index (κ1) is 20.6. The van der Waals surface area contributed by atoms with Crippen molar-refractivity contribution in [3.8, 4) is 5.75 Å². The average molecular weight is 428 g/mol. The predicted octanol–water partition coefficient (Wildman–Crippen LogP) is 3.83. The molecule has 0 aliphatic heterocycles. The highest BCUT2D eigenvalue weighted by molar-refractivity contribution is 6.34. The Kier molecular flexibility index (Phi) is 5.64. The van der Waals surface area contributed by atoms with E-state index in [4.69, 9.17) is 22.1 Å². The van der Waals surface area contributed by atoms with Crippen LogP contribution in [0.3, 0.4) is 0 Å². The Morgan fingerprint density at radius 3 is 2.70 bits per heavy atom. The summed E-state index contributed by atoms with van der Waals surface area (Å²) in [4.78, 5) is 26.2. The largest absolute Gasteiger partial charge is 0.496 e. The number of aryl methyl sites for hydroxylation is 1. The summed E-state index contributed by atoms with van der Waals surface area (Å²) in [5, 5.41) is 0.411. The van der Waals surface area contributed by atoms with Crippen molar-refractivity contribution in [1.82, 2.24) is 19.5 Å². The summed E-state index contributed by atoms with van der Waals surface area (Å²) >= 11 is 6.35. The predicted molar refractivity (Wildman–Crippen MR) is 118 cm³/mol. The lowest BCUT2D eigenvalue weighted by Crippen LogP contribution is -2.20. The third kappa shape index (κ3) is 3.74. The summed E-state index contributed by atoms with van der Waals surface area (Å²) in [5.74, 6) is 1.37. The molecule has 3 aromatic heterocycles. The zero-order valence-corrected chi connectivity index (χ0v) is 18.3. The van der Waals surface area contributed by atoms with Crippen LogP contribution in [0, 0.1) is 19.8 Å². The van der Waals surface area contributed by atoms with Gasteiger partial charge >= 0.3 is 0 Å². The molecule has 7 nitrogen and oxygen atoms in total. The van der Waals surface area contributed by atoms with Gasteiger partial charge in [-0.05, 0) is 26.2 Å². The molecule has 0 spiro atoms. The molecule has 0 unspecified atom stereocenters. The maximum atomic E-state index is 13.2. The first-order chi connectivity index (χ1) is 14.4. The molecule has 1 saturated carbocycles. The SMILES string of the molecule is COc1c(C)cnc(Cn2cc(CC3CCCC3)c(=O)c3c(Cl)nc(N)nc32)c1C. The summed E-state index contributed by atoms with van der Waals surface area (Å²) in [5.41, 5.74) is 9.66. The molecule has 158 valence electrons. The van der Waals surface area contributed by atoms with Crippen LogP contribution in [0.25, 0.3) is 11.0 Å². The zero-order valence-electron chi connectivity index (χ0n) is 17.5. The molecule has 1 aliphatic rings. The average Bonchev–Trinajstić information content (AvgIpc) is 3.20. The van der Waals surface area contributed by atoms with Crippen molar-refractivity contribution < 1.29 is 4.74 Å². The summed E-state index contributed by atoms with van der Waals surface area (Å²) in [7, 11) is 1.65. The van der Waals surface area contributed by atoms with Crippen LogP contribution in [0.5, 0.6) is 5.75 Å². The Morgan fingerprint density at radius 1 is 1.27 bits per heavy atom. The fourth-order valence-electron chi connectivity index (χ4n) is 4.49. The van der Waals surface area contributed by atoms with Gasteiger partial charge in [-0.2, -0.15) is 4.98 Å². The second-order valence-corrected chi connectivity index (χ2v) is 8.44. The molecular weight excluding hydrogens is 402 g/mol. The maximum absolute atomic E-state index is 13.2. The first-order valence-electron chi connectivity index (χ1n) is 10.2. The van der Waals surface area contributed by atoms with E-state index in [0.29, 0.717) is 23.5 Å². The Balaban J connectivity index is 1.87. The molecule has 0 aromatic carbocycles. The lowest BCUT2D eigenvalue weighted by Gasteiger charge is -2.17. The second kappa shape index (κ2) is 8.22. The van der Waals surface area contributed by atoms with Crippen molar-refractivity contribution in [2.75, 3.05) is 12.8 Å². The first-order valence-corrected chi connectivity index (χ1v) is 10.6. The normalized spacial score (nSPS) is 14.5. The van der Waals surface area contributed by atoms with E-state index in [9.17, 15) is 4.79 Å². The highest BCUT2D eigenvalue weighted by Crippen LogP contribution is 2.29. The van der Waals surface area contributed by atoms with Crippen molar-refractivity contribution in [2.24, 2.45) is 5.92 Å². The lowest BCUT2D eigenvalue weighted by atomic mass is 9.98. The van der Waals surface area contributed by atoms with Crippen molar-refractivity contribution in [3.05, 3.63) is 50.2 Å². The number of hydrogen-bond donors (Lipinski definition) is 1. The van der Waals surface area contributed by atoms with Gasteiger partial charge in [0.05, 0.1) is 19.3 Å². The van der Waals surface area contributed by atoms with Crippen molar-refractivity contribution >= 4 is 28.6 Å². The molecule has 0 amide bonds. The van der Waals surface area contributed by atoms with Crippen LogP contribution in [0.15, 0.2) is 17.2 Å². The number of methoxy groups -OCH3 is 1. The number of nitrogen functional groups attached to an aromatic ring is 1. The molecule has 0 radical (unpaired) electrons. The minimum Gasteiger partial charge on any atom is -0.496 e. The van der Waals surface area contributed by atoms with Gasteiger partial charge in [0.1, 0.15) is 16.3 Å². The summed E-state index contributed by atoms with van der Waals surface area (Å²) < 4.78 is 7.46. The van der Waals surface area contributed by atoms with Crippen LogP contribution in [-0.4, -0.2) is 26.6 Å². The highest BCUT2D eigenvalue weighted by atomic mass is 35.5. The minimum absolute atomic E-state index is 0.0374. The Hall–Kier alpha value is -2.67. The number of rotatable bonds is 5. The summed E-state index contributed by atoms with van der Waals surface area (Å²) in [6, 6.07) is 0. The smallest absolute Gasteiger partial charge is 0.223 e. The molecule has 2 N–H and O–H groups in total. The Bertz CT molecular complexity index is 1170. The van der Waals surface area contributed by atoms with E-state index in [1.54, 1.807) is 13.3 Å². The number of hydrogen-bond acceptors (Lipinski definition) is 6. The van der Waals surface area contributed by atoms with Gasteiger partial charge in [0.2, 0.25) is 5.95 Å². The van der Waals surface area contributed by atoms with Crippen LogP contribution >= 0.6 is 11.6 Å². The molecule has 0 saturated heterocycles. The van der Waals surface area contributed by atoms with Crippen LogP contribution in [0.2, 0.25) is 5.15 Å². The van der Waals surface area contributed by atoms with Gasteiger partial charge in [-0.1, -0.05) is 37.3 Å². The van der Waals surface area contributed by atoms with Crippen LogP contribution in [0.4, 0.5) is 5.95 Å². The van der Waals surface area contributed by atoms with Crippen molar-refractivity contribution in [1.29, 1.82) is 0 Å². The van der Waals surface area contributed by atoms with E-state index in [1.807, 2.05) is 24.6 Å². The summed E-state index contributed by atoms with van der Waals surface area (Å²) in [6.45, 7) is 4.36. The topological polar surface area (TPSA) is 95.9 Å². The molecule has 1 aliphatic carbocycles. The standard InChI is InChI=1S/C22H26ClN5O2/c1-12-9-25-16(13(2)19(12)30-3)11-28-10-15(8-14-6-4-5-7-14)18(29)17-20(23)26-22(24)27-21(17)28/h9-10,14H,4-8,11H2,1-3H3,(H2,24,26,27). The van der Waals surface area contributed by atoms with Gasteiger partial charge in [0, 0.05) is 29.1 Å². The van der Waals surface area contributed by atoms with Crippen LogP contribution in [-0.2, 0) is 13.0 Å². The van der Waals surface area contributed by atoms with Crippen LogP contribution < -0.4 is 15.9 Å². The van der Waals surface area contributed by atoms with E-state index in [0.717, 1.165) is 47.4 Å². The maximum Gasteiger partial charge on any atom is 0.223 e. The molecule has 1 fully saturated rings. The molecule has 30 heavy (non-hydrogen) atoms. The third-order valence-electron chi connectivity index (χ3n) is 6.02. The zero-order chi connectivity index (χ0) is 21.4. The van der Waals surface area contributed by atoms with E-state index in [2.05, 4.69) is 15.0 Å². The number of anilines is 1. The van der Waals surface area contributed by atoms with Gasteiger partial charge in [0.15, 0.2) is 11.1 Å². The third-order valence-corrected chi connectivity index (χ3v) is 6.29. The van der Waals surface area contributed by atoms with E-state index >= 15 is 0 Å². The number of nitrogens with two attached hydrogens (primary N) is 1. The van der Waals surface area contributed by atoms with Crippen LogP contribution in [0.1, 0.15) is 48.1 Å². The molecule has 4 rings (SSSR count). The molecular formula is C22H26ClN5O2. The van der Waals surface area contributed by atoms with Gasteiger partial charge in [0.25, 0.3) is 0 Å². The number of pyridine rings is 2. The molecule has 3 aromatic rings. The Morgan fingerprint density at radius 2 is 2.00 bits per heavy atom. The van der Waals surface area contributed by atoms with Crippen molar-refractivity contribution in [3.63, 3.8) is 0 Å². The summed E-state index contributed by atoms with van der Waals surface area (Å²) in [6.07, 6.45) is 9.16. The van der Waals surface area contributed by atoms with Gasteiger partial charge < -0.3 is 15.0 Å². The molecule has 0 bridgehead atoms. The molecule has 8 heteroatoms. The van der Waals surface area contributed by atoms with Gasteiger partial charge in [-0.3, -0.25) is 9.78 Å². The Labute approximate surface area is 180 Å². The molecule has 0 atom stereocenters. The minimum atomic E-state index is -0.107. The number of ether oxygens (including phenoxy) is 1. The lowest BCUT2D eigenvalue weighted by molar-refractivity contribution is 0.406. The fraction of sp³-hybridized carbons (Fsp3) is 0.455. The second-order valence-electron chi connectivity index (χ2n) is 8.08. The van der Waals surface area contributed by atoms with E-state index in [1.165, 1.54) is 12.8 Å². The van der Waals surface area contributed by atoms with Gasteiger partial charge in [-0.25, -0.2) is 4.98 Å². The quantitative estimate of drug-likeness (QED) is 0.621. The van der Waals surface area contributed by atoms with Crippen molar-refractivity contribution in [2.45, 2.75) is 52.5 Å². The van der Waals surface area contributed by atoms with Gasteiger partial charge in [-0.15, -0.1) is 0 Å². The molecule has 3 heterocycles. The number of halogens is 1. The highest BCUT2D eigenvalue weighted by Gasteiger charge is 2.21. The number of aromatic nitrogens is 4. The number of nitrogens with zero attached hydrogens (tertiary/aromatic N) is 4.